The van der Waals surface area contributed by atoms with Crippen LogP contribution in [0.15, 0.2) is 99.3 Å². The second-order valence-electron chi connectivity index (χ2n) is 7.65. The Hall–Kier alpha value is -4.70. The number of thiazole rings is 1. The van der Waals surface area contributed by atoms with Gasteiger partial charge in [-0.15, -0.1) is 16.5 Å². The molecule has 0 saturated carbocycles. The zero-order chi connectivity index (χ0) is 24.4. The Kier molecular flexibility index (Phi) is 5.86. The Morgan fingerprint density at radius 1 is 0.971 bits per heavy atom. The van der Waals surface area contributed by atoms with Crippen LogP contribution in [0.25, 0.3) is 27.6 Å². The number of benzene rings is 3. The lowest BCUT2D eigenvalue weighted by Crippen LogP contribution is -2.13. The van der Waals surface area contributed by atoms with Crippen LogP contribution in [0.4, 0.5) is 17.1 Å². The molecular formula is C25H18N6O3S. The van der Waals surface area contributed by atoms with Crippen molar-refractivity contribution in [3.63, 3.8) is 0 Å². The molecule has 5 aromatic rings. The van der Waals surface area contributed by atoms with Crippen molar-refractivity contribution in [2.24, 2.45) is 10.2 Å². The van der Waals surface area contributed by atoms with Gasteiger partial charge in [-0.25, -0.2) is 4.98 Å². The van der Waals surface area contributed by atoms with E-state index in [2.05, 4.69) is 20.3 Å². The summed E-state index contributed by atoms with van der Waals surface area (Å²) in [5.74, 6) is 0. The molecule has 0 atom stereocenters. The van der Waals surface area contributed by atoms with Crippen molar-refractivity contribution in [1.29, 1.82) is 0 Å². The van der Waals surface area contributed by atoms with Gasteiger partial charge in [0.1, 0.15) is 0 Å². The van der Waals surface area contributed by atoms with E-state index in [0.29, 0.717) is 16.4 Å². The summed E-state index contributed by atoms with van der Waals surface area (Å²) in [6.07, 6.45) is 0. The van der Waals surface area contributed by atoms with Crippen LogP contribution >= 0.6 is 11.3 Å². The molecule has 3 aromatic carbocycles. The summed E-state index contributed by atoms with van der Waals surface area (Å²) in [6, 6.07) is 23.5. The van der Waals surface area contributed by atoms with Gasteiger partial charge in [0.15, 0.2) is 5.69 Å². The standard InChI is InChI=1S/C25H18N6O3S/c1-16-12-13-19(14-21(16)31(33)34)27-28-23-22(18-10-6-3-7-11-18)29-30(24(23)32)25-26-20(15-35-25)17-8-4-2-5-9-17/h2-15,29H,1H3. The molecule has 0 saturated heterocycles. The Morgan fingerprint density at radius 2 is 1.66 bits per heavy atom. The van der Waals surface area contributed by atoms with Crippen LogP contribution in [0.2, 0.25) is 0 Å². The van der Waals surface area contributed by atoms with E-state index in [0.717, 1.165) is 16.8 Å². The number of nitrogens with zero attached hydrogens (tertiary/aromatic N) is 5. The number of rotatable bonds is 6. The van der Waals surface area contributed by atoms with Crippen LogP contribution in [-0.4, -0.2) is 19.7 Å². The van der Waals surface area contributed by atoms with Gasteiger partial charge in [0.2, 0.25) is 5.13 Å². The summed E-state index contributed by atoms with van der Waals surface area (Å²) >= 11 is 1.32. The van der Waals surface area contributed by atoms with Crippen molar-refractivity contribution in [2.75, 3.05) is 0 Å². The van der Waals surface area contributed by atoms with Crippen LogP contribution in [-0.2, 0) is 0 Å². The monoisotopic (exact) mass is 482 g/mol. The summed E-state index contributed by atoms with van der Waals surface area (Å²) < 4.78 is 1.34. The van der Waals surface area contributed by atoms with Gasteiger partial charge in [-0.3, -0.25) is 20.0 Å². The topological polar surface area (TPSA) is 119 Å². The van der Waals surface area contributed by atoms with Gasteiger partial charge in [0, 0.05) is 28.1 Å². The summed E-state index contributed by atoms with van der Waals surface area (Å²) in [5.41, 5.74) is 3.29. The van der Waals surface area contributed by atoms with Gasteiger partial charge >= 0.3 is 5.56 Å². The highest BCUT2D eigenvalue weighted by Crippen LogP contribution is 2.31. The van der Waals surface area contributed by atoms with Crippen LogP contribution < -0.4 is 5.56 Å². The normalized spacial score (nSPS) is 11.2. The number of nitro benzene ring substituents is 1. The maximum Gasteiger partial charge on any atom is 0.301 e. The maximum atomic E-state index is 13.4. The van der Waals surface area contributed by atoms with E-state index in [-0.39, 0.29) is 17.1 Å². The SMILES string of the molecule is Cc1ccc(N=Nc2c(-c3ccccc3)[nH]n(-c3nc(-c4ccccc4)cs3)c2=O)cc1[N+](=O)[O-]. The first-order valence-corrected chi connectivity index (χ1v) is 11.5. The number of aryl methyl sites for hydroxylation is 1. The van der Waals surface area contributed by atoms with Gasteiger partial charge in [-0.2, -0.15) is 9.80 Å². The van der Waals surface area contributed by atoms with Crippen LogP contribution in [0.5, 0.6) is 0 Å². The molecule has 2 aromatic heterocycles. The molecule has 2 heterocycles. The molecule has 0 bridgehead atoms. The first-order chi connectivity index (χ1) is 17.0. The zero-order valence-corrected chi connectivity index (χ0v) is 19.3. The van der Waals surface area contributed by atoms with E-state index >= 15 is 0 Å². The summed E-state index contributed by atoms with van der Waals surface area (Å²) in [6.45, 7) is 1.65. The zero-order valence-electron chi connectivity index (χ0n) is 18.5. The van der Waals surface area contributed by atoms with Crippen molar-refractivity contribution in [1.82, 2.24) is 14.8 Å². The molecule has 0 fully saturated rings. The van der Waals surface area contributed by atoms with Crippen molar-refractivity contribution in [3.8, 4) is 27.6 Å². The fraction of sp³-hybridized carbons (Fsp3) is 0.0400. The van der Waals surface area contributed by atoms with Crippen LogP contribution in [0, 0.1) is 17.0 Å². The van der Waals surface area contributed by atoms with Crippen molar-refractivity contribution < 1.29 is 4.92 Å². The summed E-state index contributed by atoms with van der Waals surface area (Å²) in [5, 5.41) is 25.1. The molecule has 0 aliphatic rings. The van der Waals surface area contributed by atoms with Gasteiger partial charge in [-0.05, 0) is 13.0 Å². The number of aromatic nitrogens is 3. The van der Waals surface area contributed by atoms with Gasteiger partial charge in [-0.1, -0.05) is 66.7 Å². The van der Waals surface area contributed by atoms with E-state index in [1.807, 2.05) is 66.0 Å². The third kappa shape index (κ3) is 4.42. The predicted octanol–water partition coefficient (Wildman–Crippen LogP) is 6.59. The third-order valence-corrected chi connectivity index (χ3v) is 6.16. The van der Waals surface area contributed by atoms with E-state index in [1.165, 1.54) is 22.1 Å². The molecular weight excluding hydrogens is 464 g/mol. The highest BCUT2D eigenvalue weighted by atomic mass is 32.1. The summed E-state index contributed by atoms with van der Waals surface area (Å²) in [4.78, 5) is 28.8. The number of aromatic amines is 1. The lowest BCUT2D eigenvalue weighted by molar-refractivity contribution is -0.385. The molecule has 0 aliphatic heterocycles. The Balaban J connectivity index is 1.60. The highest BCUT2D eigenvalue weighted by molar-refractivity contribution is 7.12. The van der Waals surface area contributed by atoms with Crippen molar-refractivity contribution in [3.05, 3.63) is 110 Å². The highest BCUT2D eigenvalue weighted by Gasteiger charge is 2.19. The Bertz CT molecular complexity index is 1600. The molecule has 172 valence electrons. The molecule has 0 amide bonds. The minimum absolute atomic E-state index is 0.0626. The molecule has 0 aliphatic carbocycles. The van der Waals surface area contributed by atoms with Crippen LogP contribution in [0.3, 0.4) is 0 Å². The Labute approximate surface area is 203 Å². The van der Waals surface area contributed by atoms with Gasteiger partial charge < -0.3 is 0 Å². The number of hydrogen-bond donors (Lipinski definition) is 1. The molecule has 10 heteroatoms. The minimum Gasteiger partial charge on any atom is -0.286 e. The average Bonchev–Trinajstić information content (AvgIpc) is 3.49. The average molecular weight is 483 g/mol. The number of H-pyrrole nitrogens is 1. The fourth-order valence-electron chi connectivity index (χ4n) is 3.53. The van der Waals surface area contributed by atoms with E-state index in [9.17, 15) is 14.9 Å². The lowest BCUT2D eigenvalue weighted by atomic mass is 10.1. The molecule has 0 radical (unpaired) electrons. The minimum atomic E-state index is -0.472. The number of hydrogen-bond acceptors (Lipinski definition) is 7. The molecule has 9 nitrogen and oxygen atoms in total. The van der Waals surface area contributed by atoms with E-state index < -0.39 is 10.5 Å². The predicted molar refractivity (Wildman–Crippen MR) is 135 cm³/mol. The largest absolute Gasteiger partial charge is 0.301 e. The van der Waals surface area contributed by atoms with Crippen LogP contribution in [0.1, 0.15) is 5.56 Å². The first kappa shape index (κ1) is 22.1. The van der Waals surface area contributed by atoms with Gasteiger partial charge in [0.25, 0.3) is 5.69 Å². The number of nitrogens with one attached hydrogen (secondary N) is 1. The van der Waals surface area contributed by atoms with E-state index in [1.54, 1.807) is 19.1 Å². The molecule has 35 heavy (non-hydrogen) atoms. The molecule has 0 spiro atoms. The second kappa shape index (κ2) is 9.27. The second-order valence-corrected chi connectivity index (χ2v) is 8.49. The van der Waals surface area contributed by atoms with Crippen molar-refractivity contribution in [2.45, 2.75) is 6.92 Å². The van der Waals surface area contributed by atoms with Gasteiger partial charge in [0.05, 0.1) is 22.0 Å². The third-order valence-electron chi connectivity index (χ3n) is 5.34. The number of azo groups is 1. The van der Waals surface area contributed by atoms with Crippen molar-refractivity contribution >= 4 is 28.4 Å². The first-order valence-electron chi connectivity index (χ1n) is 10.6. The molecule has 1 N–H and O–H groups in total. The Morgan fingerprint density at radius 3 is 2.34 bits per heavy atom. The fourth-order valence-corrected chi connectivity index (χ4v) is 4.33. The smallest absolute Gasteiger partial charge is 0.286 e. The molecule has 0 unspecified atom stereocenters. The summed E-state index contributed by atoms with van der Waals surface area (Å²) in [7, 11) is 0. The molecule has 5 rings (SSSR count). The lowest BCUT2D eigenvalue weighted by Gasteiger charge is -1.99. The van der Waals surface area contributed by atoms with E-state index in [4.69, 9.17) is 0 Å². The maximum absolute atomic E-state index is 13.4. The number of nitro groups is 1. The quantitative estimate of drug-likeness (QED) is 0.167.